The van der Waals surface area contributed by atoms with Gasteiger partial charge in [0.15, 0.2) is 0 Å². The van der Waals surface area contributed by atoms with Crippen LogP contribution in [0.2, 0.25) is 0 Å². The summed E-state index contributed by atoms with van der Waals surface area (Å²) >= 11 is 1.98. The second-order valence-corrected chi connectivity index (χ2v) is 8.81. The highest BCUT2D eigenvalue weighted by Crippen LogP contribution is 2.21. The van der Waals surface area contributed by atoms with E-state index < -0.39 is 0 Å². The zero-order valence-corrected chi connectivity index (χ0v) is 16.4. The molecule has 25 heavy (non-hydrogen) atoms. The van der Waals surface area contributed by atoms with Crippen LogP contribution in [-0.4, -0.2) is 59.9 Å². The Bertz CT molecular complexity index is 557. The molecule has 138 valence electrons. The predicted octanol–water partition coefficient (Wildman–Crippen LogP) is 3.29. The van der Waals surface area contributed by atoms with Crippen LogP contribution in [0.5, 0.6) is 0 Å². The molecule has 0 bridgehead atoms. The number of piperidine rings is 1. The van der Waals surface area contributed by atoms with E-state index in [-0.39, 0.29) is 5.91 Å². The Morgan fingerprint density at radius 3 is 2.80 bits per heavy atom. The number of thioether (sulfide) groups is 1. The number of benzene rings is 1. The van der Waals surface area contributed by atoms with E-state index in [0.717, 1.165) is 23.9 Å². The molecule has 2 atom stereocenters. The lowest BCUT2D eigenvalue weighted by Crippen LogP contribution is -2.38. The number of amides is 1. The van der Waals surface area contributed by atoms with Crippen molar-refractivity contribution in [3.05, 3.63) is 29.8 Å². The quantitative estimate of drug-likeness (QED) is 0.843. The summed E-state index contributed by atoms with van der Waals surface area (Å²) in [5, 5.41) is 3.03. The van der Waals surface area contributed by atoms with Gasteiger partial charge in [-0.05, 0) is 62.2 Å². The van der Waals surface area contributed by atoms with E-state index >= 15 is 0 Å². The van der Waals surface area contributed by atoms with Gasteiger partial charge in [-0.25, -0.2) is 0 Å². The van der Waals surface area contributed by atoms with Gasteiger partial charge in [-0.3, -0.25) is 14.6 Å². The predicted molar refractivity (Wildman–Crippen MR) is 107 cm³/mol. The van der Waals surface area contributed by atoms with Crippen molar-refractivity contribution in [2.45, 2.75) is 38.8 Å². The molecule has 0 saturated carbocycles. The van der Waals surface area contributed by atoms with Gasteiger partial charge in [-0.1, -0.05) is 19.1 Å². The molecule has 2 aliphatic rings. The van der Waals surface area contributed by atoms with Crippen LogP contribution in [-0.2, 0) is 11.3 Å². The van der Waals surface area contributed by atoms with Gasteiger partial charge in [0.05, 0.1) is 6.54 Å². The van der Waals surface area contributed by atoms with Gasteiger partial charge >= 0.3 is 0 Å². The van der Waals surface area contributed by atoms with Gasteiger partial charge in [0.25, 0.3) is 0 Å². The molecule has 2 saturated heterocycles. The molecule has 0 aliphatic carbocycles. The molecule has 1 N–H and O–H groups in total. The summed E-state index contributed by atoms with van der Waals surface area (Å²) in [6.45, 7) is 6.23. The van der Waals surface area contributed by atoms with Crippen molar-refractivity contribution in [1.82, 2.24) is 9.80 Å². The average molecular weight is 362 g/mol. The summed E-state index contributed by atoms with van der Waals surface area (Å²) in [6, 6.07) is 8.90. The van der Waals surface area contributed by atoms with Gasteiger partial charge in [-0.2, -0.15) is 11.8 Å². The van der Waals surface area contributed by atoms with Crippen molar-refractivity contribution in [2.24, 2.45) is 5.92 Å². The Labute approximate surface area is 156 Å². The van der Waals surface area contributed by atoms with Crippen LogP contribution in [0.1, 0.15) is 31.7 Å². The Kier molecular flexibility index (Phi) is 6.79. The van der Waals surface area contributed by atoms with E-state index in [0.29, 0.717) is 12.6 Å². The van der Waals surface area contributed by atoms with Crippen LogP contribution in [0.4, 0.5) is 5.69 Å². The number of carbonyl (C=O) groups is 1. The standard InChI is InChI=1S/C20H31N3OS/c1-16-4-3-10-23(12-16)13-17-5-7-18(8-6-17)21-20(24)14-22(2)19-9-11-25-15-19/h5-8,16,19H,3-4,9-15H2,1-2H3,(H,21,24)/t16-,19+/m1/s1. The fourth-order valence-corrected chi connectivity index (χ4v) is 5.11. The zero-order valence-electron chi connectivity index (χ0n) is 15.5. The van der Waals surface area contributed by atoms with Crippen molar-refractivity contribution < 1.29 is 4.79 Å². The first-order valence-corrected chi connectivity index (χ1v) is 10.6. The molecule has 2 fully saturated rings. The number of likely N-dealkylation sites (N-methyl/N-ethyl adjacent to an activating group) is 1. The second-order valence-electron chi connectivity index (χ2n) is 7.66. The number of nitrogens with one attached hydrogen (secondary N) is 1. The summed E-state index contributed by atoms with van der Waals surface area (Å²) in [6.07, 6.45) is 3.86. The summed E-state index contributed by atoms with van der Waals surface area (Å²) in [4.78, 5) is 17.0. The Morgan fingerprint density at radius 1 is 1.32 bits per heavy atom. The molecule has 0 aromatic heterocycles. The first-order chi connectivity index (χ1) is 12.1. The number of anilines is 1. The summed E-state index contributed by atoms with van der Waals surface area (Å²) < 4.78 is 0. The number of rotatable bonds is 6. The van der Waals surface area contributed by atoms with Crippen molar-refractivity contribution in [3.63, 3.8) is 0 Å². The van der Waals surface area contributed by atoms with E-state index in [1.807, 2.05) is 23.9 Å². The Morgan fingerprint density at radius 2 is 2.12 bits per heavy atom. The first kappa shape index (κ1) is 18.7. The van der Waals surface area contributed by atoms with Gasteiger partial charge < -0.3 is 5.32 Å². The van der Waals surface area contributed by atoms with Crippen LogP contribution in [0.25, 0.3) is 0 Å². The number of likely N-dealkylation sites (tertiary alicyclic amines) is 1. The summed E-state index contributed by atoms with van der Waals surface area (Å²) in [5.41, 5.74) is 2.22. The Hall–Kier alpha value is -1.04. The topological polar surface area (TPSA) is 35.6 Å². The zero-order chi connectivity index (χ0) is 17.6. The normalized spacial score (nSPS) is 24.6. The Balaban J connectivity index is 1.46. The molecule has 1 amide bonds. The monoisotopic (exact) mass is 361 g/mol. The lowest BCUT2D eigenvalue weighted by Gasteiger charge is -2.30. The van der Waals surface area contributed by atoms with Crippen LogP contribution in [0.15, 0.2) is 24.3 Å². The number of carbonyl (C=O) groups excluding carboxylic acids is 1. The first-order valence-electron chi connectivity index (χ1n) is 9.49. The highest BCUT2D eigenvalue weighted by Gasteiger charge is 2.21. The largest absolute Gasteiger partial charge is 0.325 e. The van der Waals surface area contributed by atoms with Crippen LogP contribution in [0.3, 0.4) is 0 Å². The minimum atomic E-state index is 0.0806. The van der Waals surface area contributed by atoms with Crippen molar-refractivity contribution in [2.75, 3.05) is 43.5 Å². The third kappa shape index (κ3) is 5.73. The maximum Gasteiger partial charge on any atom is 0.238 e. The molecule has 2 aliphatic heterocycles. The molecule has 3 rings (SSSR count). The van der Waals surface area contributed by atoms with Gasteiger partial charge in [0.2, 0.25) is 5.91 Å². The molecular formula is C20H31N3OS. The summed E-state index contributed by atoms with van der Waals surface area (Å²) in [5.74, 6) is 3.25. The van der Waals surface area contributed by atoms with Crippen LogP contribution in [0, 0.1) is 5.92 Å². The van der Waals surface area contributed by atoms with Crippen LogP contribution < -0.4 is 5.32 Å². The van der Waals surface area contributed by atoms with Gasteiger partial charge in [-0.15, -0.1) is 0 Å². The minimum absolute atomic E-state index is 0.0806. The van der Waals surface area contributed by atoms with E-state index in [1.54, 1.807) is 0 Å². The van der Waals surface area contributed by atoms with Gasteiger partial charge in [0.1, 0.15) is 0 Å². The van der Waals surface area contributed by atoms with E-state index in [1.165, 1.54) is 43.7 Å². The molecule has 1 aromatic rings. The molecule has 4 nitrogen and oxygen atoms in total. The van der Waals surface area contributed by atoms with E-state index in [4.69, 9.17) is 0 Å². The van der Waals surface area contributed by atoms with Crippen molar-refractivity contribution >= 4 is 23.4 Å². The smallest absolute Gasteiger partial charge is 0.238 e. The fourth-order valence-electron chi connectivity index (χ4n) is 3.81. The third-order valence-electron chi connectivity index (χ3n) is 5.31. The van der Waals surface area contributed by atoms with Crippen LogP contribution >= 0.6 is 11.8 Å². The van der Waals surface area contributed by atoms with E-state index in [9.17, 15) is 4.79 Å². The number of hydrogen-bond acceptors (Lipinski definition) is 4. The average Bonchev–Trinajstić information content (AvgIpc) is 3.11. The molecular weight excluding hydrogens is 330 g/mol. The second kappa shape index (κ2) is 9.06. The molecule has 1 aromatic carbocycles. The highest BCUT2D eigenvalue weighted by molar-refractivity contribution is 7.99. The molecule has 0 unspecified atom stereocenters. The fraction of sp³-hybridized carbons (Fsp3) is 0.650. The summed E-state index contributed by atoms with van der Waals surface area (Å²) in [7, 11) is 2.05. The molecule has 2 heterocycles. The van der Waals surface area contributed by atoms with Gasteiger partial charge in [0, 0.05) is 30.6 Å². The SMILES string of the molecule is C[C@@H]1CCCN(Cc2ccc(NC(=O)CN(C)[C@H]3CCSC3)cc2)C1. The van der Waals surface area contributed by atoms with E-state index in [2.05, 4.69) is 41.2 Å². The maximum atomic E-state index is 12.2. The number of nitrogens with zero attached hydrogens (tertiary/aromatic N) is 2. The highest BCUT2D eigenvalue weighted by atomic mass is 32.2. The lowest BCUT2D eigenvalue weighted by molar-refractivity contribution is -0.117. The van der Waals surface area contributed by atoms with Crippen molar-refractivity contribution in [3.8, 4) is 0 Å². The third-order valence-corrected chi connectivity index (χ3v) is 6.45. The lowest BCUT2D eigenvalue weighted by atomic mass is 10.00. The van der Waals surface area contributed by atoms with Crippen molar-refractivity contribution in [1.29, 1.82) is 0 Å². The minimum Gasteiger partial charge on any atom is -0.325 e. The molecule has 0 radical (unpaired) electrons. The number of hydrogen-bond donors (Lipinski definition) is 1. The maximum absolute atomic E-state index is 12.2. The molecule has 5 heteroatoms. The molecule has 0 spiro atoms.